The molecule has 1 aromatic heterocycles. The number of nitrogens with one attached hydrogen (secondary N) is 1. The van der Waals surface area contributed by atoms with Crippen LogP contribution in [0.15, 0.2) is 53.4 Å². The molecular weight excluding hydrogens is 506 g/mol. The van der Waals surface area contributed by atoms with Gasteiger partial charge < -0.3 is 4.74 Å². The van der Waals surface area contributed by atoms with Crippen molar-refractivity contribution < 1.29 is 17.9 Å². The molecule has 1 N–H and O–H groups in total. The molecule has 9 heteroatoms. The molecular formula is C28H33N3O4S2. The fourth-order valence-corrected chi connectivity index (χ4v) is 8.84. The second kappa shape index (κ2) is 9.22. The minimum Gasteiger partial charge on any atom is -0.497 e. The maximum absolute atomic E-state index is 13.5. The highest BCUT2D eigenvalue weighted by Gasteiger charge is 2.53. The summed E-state index contributed by atoms with van der Waals surface area (Å²) in [5.74, 6) is 0.437. The Labute approximate surface area is 222 Å². The number of nitrogens with zero attached hydrogens (tertiary/aromatic N) is 2. The summed E-state index contributed by atoms with van der Waals surface area (Å²) in [4.78, 5) is 18.7. The third-order valence-corrected chi connectivity index (χ3v) is 10.3. The SMILES string of the molecule is COc1ccc(-c2nc(NC(=O)c3ccc(S(=O)(=O)N4CC5(C)CC4CC(C)(C)C5)cc3)sc2C)cc1. The minimum absolute atomic E-state index is 0.00975. The first-order chi connectivity index (χ1) is 17.4. The van der Waals surface area contributed by atoms with Gasteiger partial charge in [0.25, 0.3) is 5.91 Å². The minimum atomic E-state index is -3.64. The number of hydrogen-bond donors (Lipinski definition) is 1. The van der Waals surface area contributed by atoms with Gasteiger partial charge >= 0.3 is 0 Å². The molecule has 2 atom stereocenters. The molecule has 1 saturated heterocycles. The number of ether oxygens (including phenoxy) is 1. The molecule has 2 fully saturated rings. The van der Waals surface area contributed by atoms with Crippen molar-refractivity contribution in [2.75, 3.05) is 19.0 Å². The number of thiazole rings is 1. The van der Waals surface area contributed by atoms with E-state index in [4.69, 9.17) is 4.74 Å². The molecule has 2 aromatic carbocycles. The highest BCUT2D eigenvalue weighted by Crippen LogP contribution is 2.53. The molecule has 0 spiro atoms. The van der Waals surface area contributed by atoms with Crippen molar-refractivity contribution in [3.05, 3.63) is 59.0 Å². The average Bonchev–Trinajstić information content (AvgIpc) is 3.33. The summed E-state index contributed by atoms with van der Waals surface area (Å²) in [5, 5.41) is 3.34. The lowest BCUT2D eigenvalue weighted by atomic mass is 9.65. The molecule has 3 aromatic rings. The van der Waals surface area contributed by atoms with Gasteiger partial charge in [-0.2, -0.15) is 4.31 Å². The van der Waals surface area contributed by atoms with Crippen LogP contribution in [-0.4, -0.2) is 43.3 Å². The van der Waals surface area contributed by atoms with E-state index in [2.05, 4.69) is 31.1 Å². The second-order valence-electron chi connectivity index (χ2n) is 11.4. The molecule has 2 heterocycles. The van der Waals surface area contributed by atoms with Crippen LogP contribution >= 0.6 is 11.3 Å². The lowest BCUT2D eigenvalue weighted by Gasteiger charge is -2.39. The van der Waals surface area contributed by atoms with Gasteiger partial charge in [-0.1, -0.05) is 20.8 Å². The topological polar surface area (TPSA) is 88.6 Å². The predicted molar refractivity (Wildman–Crippen MR) is 147 cm³/mol. The largest absolute Gasteiger partial charge is 0.497 e. The Bertz CT molecular complexity index is 1430. The van der Waals surface area contributed by atoms with Crippen LogP contribution in [0.3, 0.4) is 0 Å². The molecule has 5 rings (SSSR count). The molecule has 2 aliphatic rings. The number of aryl methyl sites for hydroxylation is 1. The van der Waals surface area contributed by atoms with Crippen molar-refractivity contribution in [2.45, 2.75) is 57.9 Å². The fourth-order valence-electron chi connectivity index (χ4n) is 6.24. The maximum atomic E-state index is 13.5. The number of fused-ring (bicyclic) bond motifs is 2. The molecule has 1 saturated carbocycles. The number of amides is 1. The third kappa shape index (κ3) is 5.04. The van der Waals surface area contributed by atoms with E-state index in [1.165, 1.54) is 23.5 Å². The number of aromatic nitrogens is 1. The number of hydrogen-bond acceptors (Lipinski definition) is 6. The van der Waals surface area contributed by atoms with E-state index in [0.717, 1.165) is 41.1 Å². The van der Waals surface area contributed by atoms with E-state index in [1.54, 1.807) is 23.5 Å². The van der Waals surface area contributed by atoms with Gasteiger partial charge in [0, 0.05) is 28.6 Å². The second-order valence-corrected chi connectivity index (χ2v) is 14.5. The number of rotatable bonds is 6. The first-order valence-electron chi connectivity index (χ1n) is 12.4. The molecule has 1 aliphatic heterocycles. The molecule has 7 nitrogen and oxygen atoms in total. The maximum Gasteiger partial charge on any atom is 0.257 e. The summed E-state index contributed by atoms with van der Waals surface area (Å²) < 4.78 is 34.0. The molecule has 1 aliphatic carbocycles. The smallest absolute Gasteiger partial charge is 0.257 e. The predicted octanol–water partition coefficient (Wildman–Crippen LogP) is 5.97. The molecule has 2 unspecified atom stereocenters. The first kappa shape index (κ1) is 25.9. The third-order valence-electron chi connectivity index (χ3n) is 7.47. The summed E-state index contributed by atoms with van der Waals surface area (Å²) in [6, 6.07) is 13.8. The van der Waals surface area contributed by atoms with Crippen LogP contribution in [0.4, 0.5) is 5.13 Å². The van der Waals surface area contributed by atoms with E-state index < -0.39 is 10.0 Å². The normalized spacial score (nSPS) is 23.1. The Kier molecular flexibility index (Phi) is 6.45. The van der Waals surface area contributed by atoms with Crippen LogP contribution in [0.1, 0.15) is 55.3 Å². The van der Waals surface area contributed by atoms with Crippen molar-refractivity contribution in [1.29, 1.82) is 0 Å². The zero-order chi connectivity index (χ0) is 26.6. The number of methoxy groups -OCH3 is 1. The van der Waals surface area contributed by atoms with Gasteiger partial charge in [0.15, 0.2) is 5.13 Å². The van der Waals surface area contributed by atoms with Gasteiger partial charge in [0.1, 0.15) is 5.75 Å². The van der Waals surface area contributed by atoms with Crippen LogP contribution in [0.5, 0.6) is 5.75 Å². The van der Waals surface area contributed by atoms with E-state index >= 15 is 0 Å². The zero-order valence-corrected chi connectivity index (χ0v) is 23.5. The van der Waals surface area contributed by atoms with Gasteiger partial charge in [-0.15, -0.1) is 11.3 Å². The Morgan fingerprint density at radius 1 is 1.08 bits per heavy atom. The summed E-state index contributed by atoms with van der Waals surface area (Å²) in [6.07, 6.45) is 2.80. The Balaban J connectivity index is 1.30. The van der Waals surface area contributed by atoms with Gasteiger partial charge in [0.2, 0.25) is 10.0 Å². The van der Waals surface area contributed by atoms with Crippen molar-refractivity contribution >= 4 is 32.4 Å². The average molecular weight is 540 g/mol. The lowest BCUT2D eigenvalue weighted by Crippen LogP contribution is -2.37. The quantitative estimate of drug-likeness (QED) is 0.417. The van der Waals surface area contributed by atoms with E-state index in [9.17, 15) is 13.2 Å². The van der Waals surface area contributed by atoms with Gasteiger partial charge in [0.05, 0.1) is 17.7 Å². The van der Waals surface area contributed by atoms with Crippen LogP contribution in [0.2, 0.25) is 0 Å². The van der Waals surface area contributed by atoms with Crippen LogP contribution < -0.4 is 10.1 Å². The van der Waals surface area contributed by atoms with Gasteiger partial charge in [-0.3, -0.25) is 10.1 Å². The van der Waals surface area contributed by atoms with Crippen molar-refractivity contribution in [1.82, 2.24) is 9.29 Å². The Morgan fingerprint density at radius 2 is 1.76 bits per heavy atom. The zero-order valence-electron chi connectivity index (χ0n) is 21.9. The standard InChI is InChI=1S/C28H33N3O4S2/c1-18-24(19-6-10-22(35-5)11-7-19)29-26(36-18)30-25(32)20-8-12-23(13-9-20)37(33,34)31-17-28(4)15-21(31)14-27(2,3)16-28/h6-13,21H,14-17H2,1-5H3,(H,29,30,32). The highest BCUT2D eigenvalue weighted by atomic mass is 32.2. The van der Waals surface area contributed by atoms with E-state index in [0.29, 0.717) is 17.2 Å². The lowest BCUT2D eigenvalue weighted by molar-refractivity contribution is 0.102. The van der Waals surface area contributed by atoms with Crippen molar-refractivity contribution in [2.24, 2.45) is 10.8 Å². The molecule has 2 bridgehead atoms. The Hall–Kier alpha value is -2.75. The van der Waals surface area contributed by atoms with E-state index in [-0.39, 0.29) is 27.7 Å². The first-order valence-corrected chi connectivity index (χ1v) is 14.7. The fraction of sp³-hybridized carbons (Fsp3) is 0.429. The number of anilines is 1. The van der Waals surface area contributed by atoms with Crippen molar-refractivity contribution in [3.63, 3.8) is 0 Å². The Morgan fingerprint density at radius 3 is 2.41 bits per heavy atom. The number of carbonyl (C=O) groups excluding carboxylic acids is 1. The molecule has 1 amide bonds. The van der Waals surface area contributed by atoms with Crippen molar-refractivity contribution in [3.8, 4) is 17.0 Å². The summed E-state index contributed by atoms with van der Waals surface area (Å²) >= 11 is 1.40. The number of carbonyl (C=O) groups is 1. The van der Waals surface area contributed by atoms with Crippen LogP contribution in [-0.2, 0) is 10.0 Å². The summed E-state index contributed by atoms with van der Waals surface area (Å²) in [5.41, 5.74) is 2.26. The molecule has 37 heavy (non-hydrogen) atoms. The molecule has 196 valence electrons. The summed E-state index contributed by atoms with van der Waals surface area (Å²) in [6.45, 7) is 9.16. The van der Waals surface area contributed by atoms with Gasteiger partial charge in [-0.05, 0) is 85.5 Å². The van der Waals surface area contributed by atoms with Gasteiger partial charge in [-0.25, -0.2) is 13.4 Å². The van der Waals surface area contributed by atoms with Crippen LogP contribution in [0.25, 0.3) is 11.3 Å². The monoisotopic (exact) mass is 539 g/mol. The summed E-state index contributed by atoms with van der Waals surface area (Å²) in [7, 11) is -2.02. The highest BCUT2D eigenvalue weighted by molar-refractivity contribution is 7.89. The molecule has 0 radical (unpaired) electrons. The van der Waals surface area contributed by atoms with Crippen LogP contribution in [0, 0.1) is 17.8 Å². The number of benzene rings is 2. The van der Waals surface area contributed by atoms with E-state index in [1.807, 2.05) is 31.2 Å². The number of sulfonamides is 1.